The number of carbonyl (C=O) groups excluding carboxylic acids is 1. The van der Waals surface area contributed by atoms with E-state index >= 15 is 0 Å². The van der Waals surface area contributed by atoms with Crippen LogP contribution in [-0.2, 0) is 4.79 Å². The second-order valence-electron chi connectivity index (χ2n) is 4.08. The van der Waals surface area contributed by atoms with E-state index in [0.717, 1.165) is 13.0 Å². The van der Waals surface area contributed by atoms with Crippen molar-refractivity contribution in [3.05, 3.63) is 0 Å². The largest absolute Gasteiger partial charge is 0.330 e. The highest BCUT2D eigenvalue weighted by atomic mass is 16.2. The number of hydrazine groups is 1. The zero-order valence-corrected chi connectivity index (χ0v) is 8.12. The SMILES string of the molecule is CN1N(CCCN)C(=O)CC12CC2. The summed E-state index contributed by atoms with van der Waals surface area (Å²) in [5.74, 6) is 0.272. The van der Waals surface area contributed by atoms with E-state index in [-0.39, 0.29) is 11.4 Å². The predicted octanol–water partition coefficient (Wildman–Crippen LogP) is -0.0531. The molecule has 74 valence electrons. The highest BCUT2D eigenvalue weighted by molar-refractivity contribution is 5.80. The van der Waals surface area contributed by atoms with Gasteiger partial charge in [0.15, 0.2) is 0 Å². The molecule has 1 saturated heterocycles. The van der Waals surface area contributed by atoms with E-state index in [9.17, 15) is 4.79 Å². The van der Waals surface area contributed by atoms with E-state index in [1.165, 1.54) is 12.8 Å². The van der Waals surface area contributed by atoms with Gasteiger partial charge in [-0.1, -0.05) is 0 Å². The third-order valence-corrected chi connectivity index (χ3v) is 3.22. The minimum absolute atomic E-state index is 0.214. The Morgan fingerprint density at radius 2 is 2.23 bits per heavy atom. The van der Waals surface area contributed by atoms with Crippen molar-refractivity contribution in [3.63, 3.8) is 0 Å². The van der Waals surface area contributed by atoms with Gasteiger partial charge in [0.2, 0.25) is 5.91 Å². The van der Waals surface area contributed by atoms with E-state index in [4.69, 9.17) is 5.73 Å². The first-order chi connectivity index (χ1) is 6.19. The summed E-state index contributed by atoms with van der Waals surface area (Å²) in [6.07, 6.45) is 3.96. The van der Waals surface area contributed by atoms with Crippen molar-refractivity contribution < 1.29 is 4.79 Å². The molecule has 0 aromatic heterocycles. The second-order valence-corrected chi connectivity index (χ2v) is 4.08. The molecule has 13 heavy (non-hydrogen) atoms. The summed E-state index contributed by atoms with van der Waals surface area (Å²) in [4.78, 5) is 11.6. The van der Waals surface area contributed by atoms with E-state index in [1.54, 1.807) is 0 Å². The van der Waals surface area contributed by atoms with Crippen molar-refractivity contribution in [2.45, 2.75) is 31.2 Å². The van der Waals surface area contributed by atoms with E-state index < -0.39 is 0 Å². The first-order valence-corrected chi connectivity index (χ1v) is 4.94. The quantitative estimate of drug-likeness (QED) is 0.667. The molecule has 2 rings (SSSR count). The molecule has 2 N–H and O–H groups in total. The normalized spacial score (nSPS) is 26.0. The molecular weight excluding hydrogens is 166 g/mol. The summed E-state index contributed by atoms with van der Waals surface area (Å²) in [6.45, 7) is 1.44. The molecule has 0 unspecified atom stereocenters. The van der Waals surface area contributed by atoms with Crippen LogP contribution in [0.5, 0.6) is 0 Å². The molecule has 0 radical (unpaired) electrons. The van der Waals surface area contributed by atoms with Gasteiger partial charge in [0.1, 0.15) is 0 Å². The Balaban J connectivity index is 1.98. The standard InChI is InChI=1S/C9H17N3O/c1-11-9(3-4-9)7-8(13)12(11)6-2-5-10/h2-7,10H2,1H3. The lowest BCUT2D eigenvalue weighted by molar-refractivity contribution is -0.137. The van der Waals surface area contributed by atoms with Crippen LogP contribution >= 0.6 is 0 Å². The molecule has 1 spiro atoms. The summed E-state index contributed by atoms with van der Waals surface area (Å²) in [5, 5.41) is 3.99. The van der Waals surface area contributed by atoms with Crippen molar-refractivity contribution >= 4 is 5.91 Å². The van der Waals surface area contributed by atoms with E-state index in [2.05, 4.69) is 5.01 Å². The van der Waals surface area contributed by atoms with Gasteiger partial charge in [-0.2, -0.15) is 0 Å². The van der Waals surface area contributed by atoms with Gasteiger partial charge in [-0.05, 0) is 25.8 Å². The molecule has 2 aliphatic rings. The lowest BCUT2D eigenvalue weighted by Crippen LogP contribution is -2.41. The summed E-state index contributed by atoms with van der Waals surface area (Å²) < 4.78 is 0. The van der Waals surface area contributed by atoms with Crippen molar-refractivity contribution in [2.24, 2.45) is 5.73 Å². The first kappa shape index (κ1) is 8.97. The van der Waals surface area contributed by atoms with Gasteiger partial charge in [0, 0.05) is 25.6 Å². The number of rotatable bonds is 3. The van der Waals surface area contributed by atoms with Gasteiger partial charge >= 0.3 is 0 Å². The maximum Gasteiger partial charge on any atom is 0.238 e. The van der Waals surface area contributed by atoms with Gasteiger partial charge in [-0.15, -0.1) is 0 Å². The molecule has 0 aromatic rings. The zero-order valence-electron chi connectivity index (χ0n) is 8.12. The smallest absolute Gasteiger partial charge is 0.238 e. The van der Waals surface area contributed by atoms with Crippen LogP contribution in [0.25, 0.3) is 0 Å². The fourth-order valence-corrected chi connectivity index (χ4v) is 2.07. The van der Waals surface area contributed by atoms with Gasteiger partial charge < -0.3 is 5.73 Å². The molecular formula is C9H17N3O. The van der Waals surface area contributed by atoms with Crippen LogP contribution in [0.4, 0.5) is 0 Å². The topological polar surface area (TPSA) is 49.6 Å². The van der Waals surface area contributed by atoms with Crippen LogP contribution in [0.15, 0.2) is 0 Å². The lowest BCUT2D eigenvalue weighted by atomic mass is 10.2. The summed E-state index contributed by atoms with van der Waals surface area (Å²) >= 11 is 0. The average molecular weight is 183 g/mol. The van der Waals surface area contributed by atoms with E-state index in [1.807, 2.05) is 12.1 Å². The third-order valence-electron chi connectivity index (χ3n) is 3.22. The maximum atomic E-state index is 11.6. The number of nitrogens with zero attached hydrogens (tertiary/aromatic N) is 2. The Morgan fingerprint density at radius 3 is 2.69 bits per heavy atom. The fourth-order valence-electron chi connectivity index (χ4n) is 2.07. The van der Waals surface area contributed by atoms with Crippen LogP contribution in [0.2, 0.25) is 0 Å². The van der Waals surface area contributed by atoms with Gasteiger partial charge in [-0.25, -0.2) is 5.01 Å². The van der Waals surface area contributed by atoms with Crippen LogP contribution < -0.4 is 5.73 Å². The molecule has 1 amide bonds. The molecule has 0 aromatic carbocycles. The molecule has 2 fully saturated rings. The maximum absolute atomic E-state index is 11.6. The number of hydrogen-bond acceptors (Lipinski definition) is 3. The van der Waals surface area contributed by atoms with Crippen molar-refractivity contribution in [3.8, 4) is 0 Å². The number of carbonyl (C=O) groups is 1. The number of amides is 1. The minimum Gasteiger partial charge on any atom is -0.330 e. The summed E-state index contributed by atoms with van der Waals surface area (Å²) in [6, 6.07) is 0. The molecule has 1 aliphatic heterocycles. The van der Waals surface area contributed by atoms with Gasteiger partial charge in [0.25, 0.3) is 0 Å². The number of hydrogen-bond donors (Lipinski definition) is 1. The molecule has 0 bridgehead atoms. The van der Waals surface area contributed by atoms with Crippen LogP contribution in [0, 0.1) is 0 Å². The third kappa shape index (κ3) is 1.34. The summed E-state index contributed by atoms with van der Waals surface area (Å²) in [5.41, 5.74) is 5.64. The average Bonchev–Trinajstić information content (AvgIpc) is 2.81. The Hall–Kier alpha value is -0.610. The van der Waals surface area contributed by atoms with Gasteiger partial charge in [-0.3, -0.25) is 9.80 Å². The highest BCUT2D eigenvalue weighted by Crippen LogP contribution is 2.48. The van der Waals surface area contributed by atoms with E-state index in [0.29, 0.717) is 13.0 Å². The van der Waals surface area contributed by atoms with Crippen molar-refractivity contribution in [2.75, 3.05) is 20.1 Å². The van der Waals surface area contributed by atoms with Crippen molar-refractivity contribution in [1.29, 1.82) is 0 Å². The molecule has 1 saturated carbocycles. The van der Waals surface area contributed by atoms with Crippen molar-refractivity contribution in [1.82, 2.24) is 10.0 Å². The Bertz CT molecular complexity index is 225. The van der Waals surface area contributed by atoms with Crippen LogP contribution in [0.1, 0.15) is 25.7 Å². The highest BCUT2D eigenvalue weighted by Gasteiger charge is 2.55. The monoisotopic (exact) mass is 183 g/mol. The molecule has 4 nitrogen and oxygen atoms in total. The minimum atomic E-state index is 0.214. The van der Waals surface area contributed by atoms with Crippen LogP contribution in [0.3, 0.4) is 0 Å². The fraction of sp³-hybridized carbons (Fsp3) is 0.889. The Morgan fingerprint density at radius 1 is 1.54 bits per heavy atom. The number of nitrogens with two attached hydrogens (primary N) is 1. The molecule has 1 heterocycles. The molecule has 4 heteroatoms. The second kappa shape index (κ2) is 2.96. The Labute approximate surface area is 78.6 Å². The molecule has 0 atom stereocenters. The predicted molar refractivity (Wildman–Crippen MR) is 49.7 cm³/mol. The van der Waals surface area contributed by atoms with Crippen LogP contribution in [-0.4, -0.2) is 41.6 Å². The summed E-state index contributed by atoms with van der Waals surface area (Å²) in [7, 11) is 2.02. The molecule has 1 aliphatic carbocycles. The Kier molecular flexibility index (Phi) is 2.04. The van der Waals surface area contributed by atoms with Gasteiger partial charge in [0.05, 0.1) is 0 Å². The zero-order chi connectivity index (χ0) is 9.47. The first-order valence-electron chi connectivity index (χ1n) is 4.94. The lowest BCUT2D eigenvalue weighted by Gasteiger charge is -2.28.